The molecule has 0 aliphatic carbocycles. The van der Waals surface area contributed by atoms with Gasteiger partial charge in [0.25, 0.3) is 0 Å². The highest BCUT2D eigenvalue weighted by atomic mass is 32.1. The Morgan fingerprint density at radius 2 is 0.948 bits per heavy atom. The van der Waals surface area contributed by atoms with Gasteiger partial charge < -0.3 is 0 Å². The molecule has 4 heterocycles. The van der Waals surface area contributed by atoms with E-state index in [1.807, 2.05) is 28.7 Å². The smallest absolute Gasteiger partial charge is 0.161 e. The van der Waals surface area contributed by atoms with E-state index in [4.69, 9.17) is 15.0 Å². The van der Waals surface area contributed by atoms with Crippen LogP contribution in [0.4, 0.5) is 0 Å². The van der Waals surface area contributed by atoms with Crippen LogP contribution in [-0.4, -0.2) is 15.0 Å². The summed E-state index contributed by atoms with van der Waals surface area (Å²) in [5.41, 5.74) is 10.5. The zero-order valence-electron chi connectivity index (χ0n) is 31.1. The highest BCUT2D eigenvalue weighted by Gasteiger charge is 2.18. The lowest BCUT2D eigenvalue weighted by Gasteiger charge is -2.11. The molecule has 0 N–H and O–H groups in total. The second kappa shape index (κ2) is 13.3. The lowest BCUT2D eigenvalue weighted by molar-refractivity contribution is 1.19. The summed E-state index contributed by atoms with van der Waals surface area (Å²) in [6.07, 6.45) is 0. The molecule has 58 heavy (non-hydrogen) atoms. The van der Waals surface area contributed by atoms with Crippen molar-refractivity contribution in [3.63, 3.8) is 0 Å². The molecule has 0 unspecified atom stereocenters. The first kappa shape index (κ1) is 33.1. The standard InChI is InChI=1S/C53H31N3S2/c1-3-12-33(13-4-1)44-31-45(56-53(55-44)41-18-11-21-48-49(41)39-17-8-10-20-46(39)57-48)34-24-22-32(23-25-34)36-26-29-47-42(30-36)37-27-28-40-50(52(37)58-47)38-16-7-9-19-43(38)54-51(40)35-14-5-2-6-15-35/h1-31H. The van der Waals surface area contributed by atoms with E-state index in [1.165, 1.54) is 67.6 Å². The number of hydrogen-bond donors (Lipinski definition) is 0. The minimum absolute atomic E-state index is 0.733. The van der Waals surface area contributed by atoms with Gasteiger partial charge >= 0.3 is 0 Å². The molecule has 8 aromatic carbocycles. The van der Waals surface area contributed by atoms with Crippen LogP contribution in [0, 0.1) is 0 Å². The van der Waals surface area contributed by atoms with Crippen molar-refractivity contribution in [2.75, 3.05) is 0 Å². The monoisotopic (exact) mass is 773 g/mol. The molecule has 0 spiro atoms. The molecule has 0 amide bonds. The van der Waals surface area contributed by atoms with Gasteiger partial charge in [-0.25, -0.2) is 15.0 Å². The van der Waals surface area contributed by atoms with Crippen LogP contribution in [-0.2, 0) is 0 Å². The number of para-hydroxylation sites is 1. The third kappa shape index (κ3) is 5.36. The van der Waals surface area contributed by atoms with Crippen molar-refractivity contribution in [3.05, 3.63) is 188 Å². The summed E-state index contributed by atoms with van der Waals surface area (Å²) in [5.74, 6) is 0.733. The van der Waals surface area contributed by atoms with Crippen molar-refractivity contribution in [3.8, 4) is 56.3 Å². The summed E-state index contributed by atoms with van der Waals surface area (Å²) in [6, 6.07) is 67.0. The molecule has 0 aliphatic rings. The summed E-state index contributed by atoms with van der Waals surface area (Å²) in [5, 5.41) is 8.64. The number of rotatable bonds is 5. The van der Waals surface area contributed by atoms with E-state index in [2.05, 4.69) is 182 Å². The predicted molar refractivity (Wildman–Crippen MR) is 248 cm³/mol. The molecule has 3 nitrogen and oxygen atoms in total. The minimum Gasteiger partial charge on any atom is -0.247 e. The quantitative estimate of drug-likeness (QED) is 0.164. The summed E-state index contributed by atoms with van der Waals surface area (Å²) < 4.78 is 5.09. The second-order valence-electron chi connectivity index (χ2n) is 14.7. The van der Waals surface area contributed by atoms with E-state index >= 15 is 0 Å². The Hall–Kier alpha value is -7.05. The summed E-state index contributed by atoms with van der Waals surface area (Å²) in [7, 11) is 0. The van der Waals surface area contributed by atoms with Crippen LogP contribution in [0.5, 0.6) is 0 Å². The minimum atomic E-state index is 0.733. The largest absolute Gasteiger partial charge is 0.247 e. The number of aromatic nitrogens is 3. The molecule has 0 fully saturated rings. The van der Waals surface area contributed by atoms with Gasteiger partial charge in [0.15, 0.2) is 5.82 Å². The molecule has 270 valence electrons. The number of pyridine rings is 1. The van der Waals surface area contributed by atoms with E-state index in [1.54, 1.807) is 0 Å². The molecule has 12 aromatic rings. The van der Waals surface area contributed by atoms with Crippen LogP contribution in [0.25, 0.3) is 118 Å². The molecule has 0 radical (unpaired) electrons. The van der Waals surface area contributed by atoms with Crippen LogP contribution in [0.15, 0.2) is 188 Å². The molecule has 0 atom stereocenters. The molecular weight excluding hydrogens is 743 g/mol. The Labute approximate surface area is 342 Å². The molecule has 5 heteroatoms. The van der Waals surface area contributed by atoms with Crippen molar-refractivity contribution < 1.29 is 0 Å². The molecular formula is C53H31N3S2. The van der Waals surface area contributed by atoms with Crippen LogP contribution in [0.3, 0.4) is 0 Å². The van der Waals surface area contributed by atoms with E-state index in [9.17, 15) is 0 Å². The Balaban J connectivity index is 0.973. The molecule has 0 bridgehead atoms. The first-order valence-corrected chi connectivity index (χ1v) is 21.1. The summed E-state index contributed by atoms with van der Waals surface area (Å²) in [4.78, 5) is 15.6. The Bertz CT molecular complexity index is 3550. The zero-order chi connectivity index (χ0) is 38.2. The third-order valence-electron chi connectivity index (χ3n) is 11.3. The average Bonchev–Trinajstić information content (AvgIpc) is 3.87. The fourth-order valence-electron chi connectivity index (χ4n) is 8.53. The van der Waals surface area contributed by atoms with Gasteiger partial charge in [-0.3, -0.25) is 0 Å². The number of benzene rings is 8. The molecule has 12 rings (SSSR count). The van der Waals surface area contributed by atoms with Crippen molar-refractivity contribution in [1.82, 2.24) is 15.0 Å². The van der Waals surface area contributed by atoms with Gasteiger partial charge in [-0.2, -0.15) is 0 Å². The van der Waals surface area contributed by atoms with Crippen molar-refractivity contribution >= 4 is 84.7 Å². The van der Waals surface area contributed by atoms with E-state index in [0.717, 1.165) is 50.7 Å². The van der Waals surface area contributed by atoms with Crippen LogP contribution < -0.4 is 0 Å². The zero-order valence-corrected chi connectivity index (χ0v) is 32.7. The maximum Gasteiger partial charge on any atom is 0.161 e. The van der Waals surface area contributed by atoms with Gasteiger partial charge in [0.05, 0.1) is 22.6 Å². The Morgan fingerprint density at radius 3 is 1.76 bits per heavy atom. The number of fused-ring (bicyclic) bond motifs is 10. The molecule has 4 aromatic heterocycles. The van der Waals surface area contributed by atoms with Crippen LogP contribution in [0.1, 0.15) is 0 Å². The maximum atomic E-state index is 5.27. The summed E-state index contributed by atoms with van der Waals surface area (Å²) >= 11 is 3.69. The lowest BCUT2D eigenvalue weighted by Crippen LogP contribution is -1.96. The van der Waals surface area contributed by atoms with Crippen LogP contribution in [0.2, 0.25) is 0 Å². The number of hydrogen-bond acceptors (Lipinski definition) is 5. The third-order valence-corrected chi connectivity index (χ3v) is 13.6. The van der Waals surface area contributed by atoms with Gasteiger partial charge in [0.1, 0.15) is 0 Å². The Kier molecular flexibility index (Phi) is 7.58. The highest BCUT2D eigenvalue weighted by molar-refractivity contribution is 7.27. The lowest BCUT2D eigenvalue weighted by atomic mass is 9.97. The van der Waals surface area contributed by atoms with E-state index < -0.39 is 0 Å². The SMILES string of the molecule is c1ccc(-c2cc(-c3ccc(-c4ccc5sc6c(ccc7c(-c8ccccc8)nc8ccccc8c76)c5c4)cc3)nc(-c3cccc4sc5ccccc5c34)n2)cc1. The number of thiophene rings is 2. The number of nitrogens with zero attached hydrogens (tertiary/aromatic N) is 3. The predicted octanol–water partition coefficient (Wildman–Crippen LogP) is 15.2. The maximum absolute atomic E-state index is 5.27. The van der Waals surface area contributed by atoms with E-state index in [0.29, 0.717) is 0 Å². The normalized spacial score (nSPS) is 11.8. The van der Waals surface area contributed by atoms with Crippen LogP contribution >= 0.6 is 22.7 Å². The van der Waals surface area contributed by atoms with E-state index in [-0.39, 0.29) is 0 Å². The van der Waals surface area contributed by atoms with Gasteiger partial charge in [-0.05, 0) is 47.5 Å². The van der Waals surface area contributed by atoms with Gasteiger partial charge in [0.2, 0.25) is 0 Å². The molecule has 0 saturated carbocycles. The highest BCUT2D eigenvalue weighted by Crippen LogP contribution is 2.45. The fourth-order valence-corrected chi connectivity index (χ4v) is 10.9. The second-order valence-corrected chi connectivity index (χ2v) is 16.8. The topological polar surface area (TPSA) is 38.7 Å². The van der Waals surface area contributed by atoms with Gasteiger partial charge in [-0.15, -0.1) is 22.7 Å². The summed E-state index contributed by atoms with van der Waals surface area (Å²) in [6.45, 7) is 0. The first-order chi connectivity index (χ1) is 28.7. The van der Waals surface area contributed by atoms with Gasteiger partial charge in [-0.1, -0.05) is 152 Å². The van der Waals surface area contributed by atoms with Gasteiger partial charge in [0, 0.05) is 78.8 Å². The van der Waals surface area contributed by atoms with Crippen molar-refractivity contribution in [2.24, 2.45) is 0 Å². The first-order valence-electron chi connectivity index (χ1n) is 19.4. The van der Waals surface area contributed by atoms with Crippen molar-refractivity contribution in [1.29, 1.82) is 0 Å². The Morgan fingerprint density at radius 1 is 0.328 bits per heavy atom. The van der Waals surface area contributed by atoms with Crippen molar-refractivity contribution in [2.45, 2.75) is 0 Å². The molecule has 0 saturated heterocycles. The fraction of sp³-hybridized carbons (Fsp3) is 0. The molecule has 0 aliphatic heterocycles. The average molecular weight is 774 g/mol.